The van der Waals surface area contributed by atoms with Gasteiger partial charge in [0.15, 0.2) is 0 Å². The lowest BCUT2D eigenvalue weighted by Crippen LogP contribution is -2.11. The Kier molecular flexibility index (Phi) is 3.42. The lowest BCUT2D eigenvalue weighted by Gasteiger charge is -2.05. The fourth-order valence-corrected chi connectivity index (χ4v) is 1.91. The van der Waals surface area contributed by atoms with E-state index in [0.29, 0.717) is 0 Å². The van der Waals surface area contributed by atoms with Gasteiger partial charge in [0, 0.05) is 24.8 Å². The maximum absolute atomic E-state index is 3.78. The predicted octanol–water partition coefficient (Wildman–Crippen LogP) is 2.94. The van der Waals surface area contributed by atoms with Crippen LogP contribution in [0, 0.1) is 0 Å². The van der Waals surface area contributed by atoms with Crippen LogP contribution in [0.25, 0.3) is 10.9 Å². The molecule has 1 aromatic heterocycles. The molecule has 1 heterocycles. The van der Waals surface area contributed by atoms with Gasteiger partial charge in [0.1, 0.15) is 0 Å². The van der Waals surface area contributed by atoms with Crippen LogP contribution in [0.1, 0.15) is 12.5 Å². The van der Waals surface area contributed by atoms with Crippen molar-refractivity contribution in [2.75, 3.05) is 6.54 Å². The predicted molar refractivity (Wildman–Crippen MR) is 69.5 cm³/mol. The number of hydrogen-bond acceptors (Lipinski definition) is 1. The van der Waals surface area contributed by atoms with Crippen LogP contribution in [0.5, 0.6) is 0 Å². The van der Waals surface area contributed by atoms with E-state index in [1.165, 1.54) is 16.5 Å². The van der Waals surface area contributed by atoms with E-state index < -0.39 is 0 Å². The van der Waals surface area contributed by atoms with Gasteiger partial charge >= 0.3 is 0 Å². The molecule has 0 spiro atoms. The second-order valence-corrected chi connectivity index (χ2v) is 3.93. The molecule has 0 saturated heterocycles. The zero-order valence-corrected chi connectivity index (χ0v) is 9.74. The number of fused-ring (bicyclic) bond motifs is 1. The first kappa shape index (κ1) is 11.0. The molecule has 0 saturated carbocycles. The second kappa shape index (κ2) is 4.99. The highest BCUT2D eigenvalue weighted by atomic mass is 14.9. The molecular weight excluding hydrogens is 196 g/mol. The van der Waals surface area contributed by atoms with E-state index in [0.717, 1.165) is 19.6 Å². The van der Waals surface area contributed by atoms with Crippen molar-refractivity contribution in [2.45, 2.75) is 20.0 Å². The normalized spacial score (nSPS) is 10.8. The SMILES string of the molecule is C=CCn1ccc2ccc(CNCC)cc21. The molecule has 2 rings (SSSR count). The van der Waals surface area contributed by atoms with E-state index in [2.05, 4.69) is 53.8 Å². The Morgan fingerprint density at radius 1 is 1.38 bits per heavy atom. The molecule has 1 N–H and O–H groups in total. The Balaban J connectivity index is 2.33. The molecule has 2 heteroatoms. The van der Waals surface area contributed by atoms with Gasteiger partial charge in [-0.25, -0.2) is 0 Å². The third-order valence-corrected chi connectivity index (χ3v) is 2.74. The van der Waals surface area contributed by atoms with Crippen LogP contribution < -0.4 is 5.32 Å². The number of allylic oxidation sites excluding steroid dienone is 1. The second-order valence-electron chi connectivity index (χ2n) is 3.93. The topological polar surface area (TPSA) is 17.0 Å². The Morgan fingerprint density at radius 2 is 2.25 bits per heavy atom. The highest BCUT2D eigenvalue weighted by molar-refractivity contribution is 5.80. The van der Waals surface area contributed by atoms with Crippen LogP contribution in [-0.4, -0.2) is 11.1 Å². The van der Waals surface area contributed by atoms with Crippen LogP contribution in [0.2, 0.25) is 0 Å². The van der Waals surface area contributed by atoms with Crippen molar-refractivity contribution in [2.24, 2.45) is 0 Å². The number of nitrogens with one attached hydrogen (secondary N) is 1. The number of benzene rings is 1. The highest BCUT2D eigenvalue weighted by Gasteiger charge is 2.00. The van der Waals surface area contributed by atoms with Gasteiger partial charge in [0.25, 0.3) is 0 Å². The van der Waals surface area contributed by atoms with E-state index >= 15 is 0 Å². The molecule has 1 aromatic carbocycles. The van der Waals surface area contributed by atoms with Crippen molar-refractivity contribution in [3.8, 4) is 0 Å². The van der Waals surface area contributed by atoms with Gasteiger partial charge in [0.05, 0.1) is 0 Å². The molecule has 0 aliphatic carbocycles. The van der Waals surface area contributed by atoms with Crippen LogP contribution in [0.4, 0.5) is 0 Å². The summed E-state index contributed by atoms with van der Waals surface area (Å²) >= 11 is 0. The highest BCUT2D eigenvalue weighted by Crippen LogP contribution is 2.17. The van der Waals surface area contributed by atoms with E-state index in [1.807, 2.05) is 6.08 Å². The summed E-state index contributed by atoms with van der Waals surface area (Å²) in [6, 6.07) is 8.77. The first-order chi connectivity index (χ1) is 7.85. The average molecular weight is 214 g/mol. The van der Waals surface area contributed by atoms with Crippen molar-refractivity contribution in [3.63, 3.8) is 0 Å². The van der Waals surface area contributed by atoms with E-state index in [1.54, 1.807) is 0 Å². The number of aromatic nitrogens is 1. The van der Waals surface area contributed by atoms with Crippen LogP contribution in [0.15, 0.2) is 43.1 Å². The standard InChI is InChI=1S/C14H18N2/c1-3-8-16-9-7-13-6-5-12(10-14(13)16)11-15-4-2/h3,5-7,9-10,15H,1,4,8,11H2,2H3. The molecule has 0 radical (unpaired) electrons. The number of rotatable bonds is 5. The van der Waals surface area contributed by atoms with Gasteiger partial charge in [-0.2, -0.15) is 0 Å². The summed E-state index contributed by atoms with van der Waals surface area (Å²) in [6.07, 6.45) is 4.04. The first-order valence-corrected chi connectivity index (χ1v) is 5.74. The van der Waals surface area contributed by atoms with Gasteiger partial charge in [-0.15, -0.1) is 6.58 Å². The minimum Gasteiger partial charge on any atom is -0.344 e. The molecule has 0 fully saturated rings. The van der Waals surface area contributed by atoms with Crippen molar-refractivity contribution >= 4 is 10.9 Å². The zero-order valence-electron chi connectivity index (χ0n) is 9.74. The summed E-state index contributed by atoms with van der Waals surface area (Å²) in [7, 11) is 0. The van der Waals surface area contributed by atoms with Crippen molar-refractivity contribution in [1.82, 2.24) is 9.88 Å². The van der Waals surface area contributed by atoms with Crippen molar-refractivity contribution < 1.29 is 0 Å². The maximum Gasteiger partial charge on any atom is 0.0486 e. The van der Waals surface area contributed by atoms with Gasteiger partial charge < -0.3 is 9.88 Å². The van der Waals surface area contributed by atoms with Gasteiger partial charge in [0.2, 0.25) is 0 Å². The largest absolute Gasteiger partial charge is 0.344 e. The third kappa shape index (κ3) is 2.17. The van der Waals surface area contributed by atoms with E-state index in [9.17, 15) is 0 Å². The summed E-state index contributed by atoms with van der Waals surface area (Å²) in [5.41, 5.74) is 2.62. The molecule has 84 valence electrons. The average Bonchev–Trinajstić information content (AvgIpc) is 2.70. The summed E-state index contributed by atoms with van der Waals surface area (Å²) < 4.78 is 2.22. The summed E-state index contributed by atoms with van der Waals surface area (Å²) in [6.45, 7) is 8.72. The number of nitrogens with zero attached hydrogens (tertiary/aromatic N) is 1. The maximum atomic E-state index is 3.78. The first-order valence-electron chi connectivity index (χ1n) is 5.74. The van der Waals surface area contributed by atoms with Crippen molar-refractivity contribution in [3.05, 3.63) is 48.7 Å². The third-order valence-electron chi connectivity index (χ3n) is 2.74. The Labute approximate surface area is 96.6 Å². The molecule has 0 aliphatic rings. The molecule has 16 heavy (non-hydrogen) atoms. The molecular formula is C14H18N2. The van der Waals surface area contributed by atoms with E-state index in [4.69, 9.17) is 0 Å². The Morgan fingerprint density at radius 3 is 3.00 bits per heavy atom. The molecule has 0 amide bonds. The lowest BCUT2D eigenvalue weighted by molar-refractivity contribution is 0.727. The molecule has 2 aromatic rings. The quantitative estimate of drug-likeness (QED) is 0.757. The van der Waals surface area contributed by atoms with Crippen LogP contribution in [0.3, 0.4) is 0 Å². The molecule has 0 unspecified atom stereocenters. The zero-order chi connectivity index (χ0) is 11.4. The molecule has 0 atom stereocenters. The minimum atomic E-state index is 0.869. The van der Waals surface area contributed by atoms with Gasteiger partial charge in [-0.05, 0) is 29.6 Å². The molecule has 2 nitrogen and oxygen atoms in total. The van der Waals surface area contributed by atoms with Crippen molar-refractivity contribution in [1.29, 1.82) is 0 Å². The number of hydrogen-bond donors (Lipinski definition) is 1. The van der Waals surface area contributed by atoms with Gasteiger partial charge in [-0.3, -0.25) is 0 Å². The summed E-state index contributed by atoms with van der Waals surface area (Å²) in [4.78, 5) is 0. The van der Waals surface area contributed by atoms with E-state index in [-0.39, 0.29) is 0 Å². The smallest absolute Gasteiger partial charge is 0.0486 e. The fourth-order valence-electron chi connectivity index (χ4n) is 1.91. The van der Waals surface area contributed by atoms with Crippen LogP contribution >= 0.6 is 0 Å². The molecule has 0 bridgehead atoms. The monoisotopic (exact) mass is 214 g/mol. The lowest BCUT2D eigenvalue weighted by atomic mass is 10.1. The Bertz CT molecular complexity index is 482. The van der Waals surface area contributed by atoms with Gasteiger partial charge in [-0.1, -0.05) is 25.1 Å². The Hall–Kier alpha value is -1.54. The summed E-state index contributed by atoms with van der Waals surface area (Å²) in [5, 5.41) is 4.64. The summed E-state index contributed by atoms with van der Waals surface area (Å²) in [5.74, 6) is 0. The minimum absolute atomic E-state index is 0.869. The fraction of sp³-hybridized carbons (Fsp3) is 0.286. The van der Waals surface area contributed by atoms with Crippen LogP contribution in [-0.2, 0) is 13.1 Å². The molecule has 0 aliphatic heterocycles.